The number of hydrogen-bond donors (Lipinski definition) is 2. The summed E-state index contributed by atoms with van der Waals surface area (Å²) in [6, 6.07) is 6.00. The van der Waals surface area contributed by atoms with Crippen LogP contribution in [0.1, 0.15) is 18.4 Å². The van der Waals surface area contributed by atoms with Gasteiger partial charge in [0.15, 0.2) is 0 Å². The third kappa shape index (κ3) is 4.37. The average Bonchev–Trinajstić information content (AvgIpc) is 3.67. The van der Waals surface area contributed by atoms with Crippen LogP contribution < -0.4 is 11.1 Å². The topological polar surface area (TPSA) is 130 Å². The zero-order valence-electron chi connectivity index (χ0n) is 19.2. The molecule has 1 saturated carbocycles. The van der Waals surface area contributed by atoms with E-state index in [1.165, 1.54) is 47.4 Å². The van der Waals surface area contributed by atoms with Crippen molar-refractivity contribution in [3.05, 3.63) is 70.3 Å². The van der Waals surface area contributed by atoms with Gasteiger partial charge < -0.3 is 10.6 Å². The Kier molecular flexibility index (Phi) is 6.46. The highest BCUT2D eigenvalue weighted by Gasteiger charge is 2.65. The molecule has 9 nitrogen and oxygen atoms in total. The zero-order valence-corrected chi connectivity index (χ0v) is 21.5. The highest BCUT2D eigenvalue weighted by atomic mass is 35.5. The SMILES string of the molecule is NC(=O)C1[C]C(=O)N2C(Cc3ccc(F)cc3)C(=O)N(C3CC3)CC2(S(=O)(=O)c2ccc(Cl)cc2Cl)N1. The number of fused-ring (bicyclic) bond motifs is 1. The van der Waals surface area contributed by atoms with Crippen molar-refractivity contribution in [1.82, 2.24) is 15.1 Å². The highest BCUT2D eigenvalue weighted by molar-refractivity contribution is 7.93. The number of rotatable bonds is 6. The maximum atomic E-state index is 14.4. The molecule has 2 saturated heterocycles. The second kappa shape index (κ2) is 9.23. The first-order valence-corrected chi connectivity index (χ1v) is 13.6. The minimum Gasteiger partial charge on any atom is -0.368 e. The molecule has 3 atom stereocenters. The Labute approximate surface area is 222 Å². The summed E-state index contributed by atoms with van der Waals surface area (Å²) in [6.45, 7) is -0.463. The number of carbonyl (C=O) groups excluding carboxylic acids is 3. The molecule has 13 heteroatoms. The molecule has 3 fully saturated rings. The molecular formula is C24H21Cl2FN4O5S. The molecule has 194 valence electrons. The number of amides is 3. The lowest BCUT2D eigenvalue weighted by Crippen LogP contribution is -2.83. The number of halogens is 3. The van der Waals surface area contributed by atoms with E-state index in [0.29, 0.717) is 18.4 Å². The average molecular weight is 567 g/mol. The Balaban J connectivity index is 1.71. The van der Waals surface area contributed by atoms with Crippen molar-refractivity contribution in [2.75, 3.05) is 6.54 Å². The summed E-state index contributed by atoms with van der Waals surface area (Å²) in [7, 11) is -4.62. The number of hydrogen-bond acceptors (Lipinski definition) is 6. The van der Waals surface area contributed by atoms with E-state index in [1.54, 1.807) is 0 Å². The third-order valence-electron chi connectivity index (χ3n) is 6.75. The van der Waals surface area contributed by atoms with Crippen LogP contribution in [0.25, 0.3) is 0 Å². The van der Waals surface area contributed by atoms with Crippen molar-refractivity contribution in [1.29, 1.82) is 0 Å². The Morgan fingerprint density at radius 3 is 2.43 bits per heavy atom. The van der Waals surface area contributed by atoms with Gasteiger partial charge in [0, 0.05) is 17.5 Å². The maximum absolute atomic E-state index is 14.4. The van der Waals surface area contributed by atoms with Gasteiger partial charge in [-0.2, -0.15) is 0 Å². The summed E-state index contributed by atoms with van der Waals surface area (Å²) in [5.74, 6) is -2.95. The second-order valence-corrected chi connectivity index (χ2v) is 12.2. The van der Waals surface area contributed by atoms with Crippen LogP contribution in [-0.4, -0.2) is 65.6 Å². The summed E-state index contributed by atoms with van der Waals surface area (Å²) in [5, 5.41) is 2.71. The van der Waals surface area contributed by atoms with E-state index in [4.69, 9.17) is 28.9 Å². The molecule has 3 unspecified atom stereocenters. The Morgan fingerprint density at radius 1 is 1.16 bits per heavy atom. The Hall–Kier alpha value is -2.73. The molecular weight excluding hydrogens is 546 g/mol. The number of carbonyl (C=O) groups is 3. The van der Waals surface area contributed by atoms with E-state index >= 15 is 0 Å². The lowest BCUT2D eigenvalue weighted by molar-refractivity contribution is -0.163. The van der Waals surface area contributed by atoms with E-state index < -0.39 is 57.0 Å². The normalized spacial score (nSPS) is 26.2. The number of primary amides is 1. The molecule has 3 aliphatic rings. The maximum Gasteiger partial charge on any atom is 0.246 e. The van der Waals surface area contributed by atoms with Crippen LogP contribution in [0.3, 0.4) is 0 Å². The van der Waals surface area contributed by atoms with Gasteiger partial charge in [-0.1, -0.05) is 35.3 Å². The first kappa shape index (κ1) is 25.9. The van der Waals surface area contributed by atoms with Gasteiger partial charge in [-0.05, 0) is 48.7 Å². The van der Waals surface area contributed by atoms with Crippen LogP contribution in [-0.2, 0) is 30.6 Å². The summed E-state index contributed by atoms with van der Waals surface area (Å²) >= 11 is 12.3. The second-order valence-electron chi connectivity index (χ2n) is 9.21. The fraction of sp³-hybridized carbons (Fsp3) is 0.333. The van der Waals surface area contributed by atoms with E-state index in [2.05, 4.69) is 11.7 Å². The fourth-order valence-corrected chi connectivity index (χ4v) is 7.53. The standard InChI is InChI=1S/C24H21Cl2FN4O5S/c25-14-3-8-20(17(26)10-14)37(35,36)24-12-30(16-6-7-16)23(34)19(9-13-1-4-15(27)5-2-13)31(24)21(32)11-18(29-24)22(28)33/h1-5,8,10,16,18-19,29H,6-7,9,12H2,(H2,28,33). The van der Waals surface area contributed by atoms with E-state index in [0.717, 1.165) is 4.90 Å². The van der Waals surface area contributed by atoms with Crippen LogP contribution >= 0.6 is 23.2 Å². The molecule has 1 aliphatic carbocycles. The third-order valence-corrected chi connectivity index (χ3v) is 9.68. The van der Waals surface area contributed by atoms with Gasteiger partial charge in [0.05, 0.1) is 16.5 Å². The molecule has 37 heavy (non-hydrogen) atoms. The molecule has 0 spiro atoms. The van der Waals surface area contributed by atoms with Crippen molar-refractivity contribution in [2.45, 2.75) is 47.3 Å². The molecule has 5 rings (SSSR count). The molecule has 0 bridgehead atoms. The van der Waals surface area contributed by atoms with Crippen LogP contribution in [0.4, 0.5) is 4.39 Å². The Morgan fingerprint density at radius 2 is 1.84 bits per heavy atom. The number of sulfone groups is 1. The van der Waals surface area contributed by atoms with E-state index in [1.807, 2.05) is 0 Å². The first-order valence-electron chi connectivity index (χ1n) is 11.4. The monoisotopic (exact) mass is 566 g/mol. The zero-order chi connectivity index (χ0) is 26.7. The summed E-state index contributed by atoms with van der Waals surface area (Å²) in [5.41, 5.74) is 5.96. The molecule has 0 aromatic heterocycles. The van der Waals surface area contributed by atoms with Crippen LogP contribution in [0.15, 0.2) is 47.4 Å². The van der Waals surface area contributed by atoms with Gasteiger partial charge in [-0.15, -0.1) is 0 Å². The van der Waals surface area contributed by atoms with Crippen LogP contribution in [0, 0.1) is 12.2 Å². The number of nitrogens with two attached hydrogens (primary N) is 1. The molecule has 2 aromatic carbocycles. The quantitative estimate of drug-likeness (QED) is 0.545. The minimum absolute atomic E-state index is 0.107. The Bertz CT molecular complexity index is 1400. The van der Waals surface area contributed by atoms with Gasteiger partial charge in [0.2, 0.25) is 32.6 Å². The van der Waals surface area contributed by atoms with E-state index in [9.17, 15) is 27.2 Å². The van der Waals surface area contributed by atoms with Gasteiger partial charge in [-0.25, -0.2) is 12.8 Å². The minimum atomic E-state index is -4.62. The lowest BCUT2D eigenvalue weighted by atomic mass is 9.95. The van der Waals surface area contributed by atoms with Crippen molar-refractivity contribution >= 4 is 50.8 Å². The van der Waals surface area contributed by atoms with Crippen molar-refractivity contribution in [2.24, 2.45) is 5.73 Å². The number of nitrogens with zero attached hydrogens (tertiary/aromatic N) is 2. The molecule has 2 heterocycles. The lowest BCUT2D eigenvalue weighted by Gasteiger charge is -2.56. The van der Waals surface area contributed by atoms with Crippen molar-refractivity contribution < 1.29 is 27.2 Å². The largest absolute Gasteiger partial charge is 0.368 e. The van der Waals surface area contributed by atoms with Crippen LogP contribution in [0.5, 0.6) is 0 Å². The van der Waals surface area contributed by atoms with E-state index in [-0.39, 0.29) is 27.4 Å². The summed E-state index contributed by atoms with van der Waals surface area (Å²) in [6.07, 6.45) is 3.54. The number of benzene rings is 2. The highest BCUT2D eigenvalue weighted by Crippen LogP contribution is 2.43. The number of nitrogens with one attached hydrogen (secondary N) is 1. The van der Waals surface area contributed by atoms with Crippen molar-refractivity contribution in [3.8, 4) is 0 Å². The first-order chi connectivity index (χ1) is 17.4. The summed E-state index contributed by atoms with van der Waals surface area (Å²) < 4.78 is 42.3. The molecule has 2 aliphatic heterocycles. The fourth-order valence-electron chi connectivity index (χ4n) is 4.84. The van der Waals surface area contributed by atoms with Gasteiger partial charge >= 0.3 is 0 Å². The van der Waals surface area contributed by atoms with Gasteiger partial charge in [-0.3, -0.25) is 24.6 Å². The van der Waals surface area contributed by atoms with Crippen molar-refractivity contribution in [3.63, 3.8) is 0 Å². The number of piperazine rings is 1. The molecule has 3 amide bonds. The van der Waals surface area contributed by atoms with Gasteiger partial charge in [0.1, 0.15) is 24.3 Å². The predicted molar refractivity (Wildman–Crippen MR) is 131 cm³/mol. The summed E-state index contributed by atoms with van der Waals surface area (Å²) in [4.78, 5) is 39.0. The van der Waals surface area contributed by atoms with Crippen LogP contribution in [0.2, 0.25) is 10.0 Å². The van der Waals surface area contributed by atoms with Gasteiger partial charge in [0.25, 0.3) is 0 Å². The molecule has 3 N–H and O–H groups in total. The predicted octanol–water partition coefficient (Wildman–Crippen LogP) is 1.54. The molecule has 2 aromatic rings. The molecule has 2 radical (unpaired) electrons. The smallest absolute Gasteiger partial charge is 0.246 e.